The highest BCUT2D eigenvalue weighted by molar-refractivity contribution is 6.22. The summed E-state index contributed by atoms with van der Waals surface area (Å²) in [4.78, 5) is 13.6. The number of carbonyl (C=O) groups excluding carboxylic acids is 1. The molecule has 1 heterocycles. The van der Waals surface area contributed by atoms with Crippen molar-refractivity contribution >= 4 is 11.7 Å². The van der Waals surface area contributed by atoms with E-state index in [4.69, 9.17) is 16.7 Å². The van der Waals surface area contributed by atoms with Gasteiger partial charge in [0.05, 0.1) is 11.2 Å². The van der Waals surface area contributed by atoms with Gasteiger partial charge in [0.2, 0.25) is 0 Å². The van der Waals surface area contributed by atoms with Crippen LogP contribution in [0.5, 0.6) is 0 Å². The zero-order valence-electron chi connectivity index (χ0n) is 9.23. The summed E-state index contributed by atoms with van der Waals surface area (Å²) in [5.41, 5.74) is 11.7. The van der Waals surface area contributed by atoms with Crippen LogP contribution in [0.1, 0.15) is 25.7 Å². The van der Waals surface area contributed by atoms with Gasteiger partial charge >= 0.3 is 0 Å². The van der Waals surface area contributed by atoms with Crippen molar-refractivity contribution in [1.82, 2.24) is 4.90 Å². The Bertz CT molecular complexity index is 394. The van der Waals surface area contributed by atoms with Crippen LogP contribution >= 0.6 is 0 Å². The number of nitrogens with zero attached hydrogens (tertiary/aromatic N) is 2. The summed E-state index contributed by atoms with van der Waals surface area (Å²) in [5, 5.41) is 11.5. The molecule has 0 saturated heterocycles. The number of carbonyl (C=O) groups is 1. The number of likely N-dealkylation sites (N-methyl/N-ethyl adjacent to an activating group) is 1. The Morgan fingerprint density at radius 1 is 1.50 bits per heavy atom. The largest absolute Gasteiger partial charge is 0.409 e. The second-order valence-electron chi connectivity index (χ2n) is 4.38. The molecule has 6 nitrogen and oxygen atoms in total. The monoisotopic (exact) mass is 224 g/mol. The fourth-order valence-corrected chi connectivity index (χ4v) is 2.75. The lowest BCUT2D eigenvalue weighted by Gasteiger charge is -2.33. The third-order valence-corrected chi connectivity index (χ3v) is 3.73. The number of oxime groups is 1. The van der Waals surface area contributed by atoms with Gasteiger partial charge in [-0.15, -0.1) is 0 Å². The van der Waals surface area contributed by atoms with Crippen LogP contribution in [-0.2, 0) is 4.79 Å². The van der Waals surface area contributed by atoms with Gasteiger partial charge in [0.15, 0.2) is 5.84 Å². The van der Waals surface area contributed by atoms with E-state index in [-0.39, 0.29) is 17.3 Å². The maximum Gasteiger partial charge on any atom is 0.260 e. The van der Waals surface area contributed by atoms with Crippen molar-refractivity contribution in [1.29, 1.82) is 0 Å². The highest BCUT2D eigenvalue weighted by Gasteiger charge is 2.50. The van der Waals surface area contributed by atoms with Gasteiger partial charge in [-0.2, -0.15) is 0 Å². The van der Waals surface area contributed by atoms with E-state index in [9.17, 15) is 4.79 Å². The first-order valence-electron chi connectivity index (χ1n) is 5.31. The zero-order chi connectivity index (χ0) is 11.9. The van der Waals surface area contributed by atoms with E-state index in [1.54, 1.807) is 11.9 Å². The number of hydrogen-bond acceptors (Lipinski definition) is 4. The van der Waals surface area contributed by atoms with Gasteiger partial charge in [-0.25, -0.2) is 0 Å². The first-order chi connectivity index (χ1) is 7.54. The van der Waals surface area contributed by atoms with Crippen molar-refractivity contribution < 1.29 is 10.0 Å². The van der Waals surface area contributed by atoms with Crippen molar-refractivity contribution in [3.8, 4) is 0 Å². The average molecular weight is 224 g/mol. The molecule has 6 heteroatoms. The van der Waals surface area contributed by atoms with Crippen molar-refractivity contribution in [3.05, 3.63) is 11.3 Å². The lowest BCUT2D eigenvalue weighted by Crippen LogP contribution is -2.45. The topological polar surface area (TPSA) is 105 Å². The van der Waals surface area contributed by atoms with Gasteiger partial charge in [-0.3, -0.25) is 4.79 Å². The summed E-state index contributed by atoms with van der Waals surface area (Å²) in [5.74, 6) is -0.451. The molecular formula is C10H16N4O2. The van der Waals surface area contributed by atoms with Gasteiger partial charge in [-0.05, 0) is 12.8 Å². The average Bonchev–Trinajstić information content (AvgIpc) is 2.82. The molecule has 1 aliphatic heterocycles. The minimum atomic E-state index is -0.401. The first-order valence-corrected chi connectivity index (χ1v) is 5.31. The molecule has 2 aliphatic rings. The molecule has 0 aromatic rings. The van der Waals surface area contributed by atoms with E-state index >= 15 is 0 Å². The number of hydrogen-bond donors (Lipinski definition) is 3. The van der Waals surface area contributed by atoms with Crippen molar-refractivity contribution in [2.75, 3.05) is 7.05 Å². The minimum Gasteiger partial charge on any atom is -0.409 e. The summed E-state index contributed by atoms with van der Waals surface area (Å²) in [7, 11) is 1.72. The van der Waals surface area contributed by atoms with Gasteiger partial charge in [0, 0.05) is 7.05 Å². The highest BCUT2D eigenvalue weighted by Crippen LogP contribution is 2.44. The summed E-state index contributed by atoms with van der Waals surface area (Å²) < 4.78 is 0. The lowest BCUT2D eigenvalue weighted by atomic mass is 9.93. The SMILES string of the molecule is CN1C(=O)C(/C(N)=N/O)=C(N)C12CCCC2. The van der Waals surface area contributed by atoms with Gasteiger partial charge in [0.1, 0.15) is 5.57 Å². The Hall–Kier alpha value is -1.72. The molecule has 0 aromatic heterocycles. The van der Waals surface area contributed by atoms with Crippen LogP contribution in [0.15, 0.2) is 16.4 Å². The van der Waals surface area contributed by atoms with Crippen LogP contribution < -0.4 is 11.5 Å². The molecule has 1 amide bonds. The van der Waals surface area contributed by atoms with Crippen LogP contribution in [0, 0.1) is 0 Å². The number of nitrogens with two attached hydrogens (primary N) is 2. The van der Waals surface area contributed by atoms with E-state index in [1.165, 1.54) is 0 Å². The maximum atomic E-state index is 12.0. The van der Waals surface area contributed by atoms with E-state index < -0.39 is 5.54 Å². The fourth-order valence-electron chi connectivity index (χ4n) is 2.75. The Kier molecular flexibility index (Phi) is 2.29. The molecule has 0 radical (unpaired) electrons. The molecule has 88 valence electrons. The Morgan fingerprint density at radius 2 is 2.06 bits per heavy atom. The standard InChI is InChI=1S/C10H16N4O2/c1-14-9(15)6(8(12)13-16)7(11)10(14)4-2-3-5-10/h16H,2-5,11H2,1H3,(H2,12,13). The van der Waals surface area contributed by atoms with Gasteiger partial charge in [0.25, 0.3) is 5.91 Å². The number of rotatable bonds is 1. The number of amides is 1. The van der Waals surface area contributed by atoms with E-state index in [1.807, 2.05) is 0 Å². The van der Waals surface area contributed by atoms with Crippen LogP contribution in [0.4, 0.5) is 0 Å². The molecule has 1 spiro atoms. The predicted molar refractivity (Wildman–Crippen MR) is 58.6 cm³/mol. The number of amidine groups is 1. The first kappa shape index (κ1) is 10.8. The molecule has 5 N–H and O–H groups in total. The second-order valence-corrected chi connectivity index (χ2v) is 4.38. The molecule has 0 bridgehead atoms. The van der Waals surface area contributed by atoms with E-state index in [0.717, 1.165) is 25.7 Å². The smallest absolute Gasteiger partial charge is 0.260 e. The van der Waals surface area contributed by atoms with Crippen LogP contribution in [0.3, 0.4) is 0 Å². The highest BCUT2D eigenvalue weighted by atomic mass is 16.4. The zero-order valence-corrected chi connectivity index (χ0v) is 9.23. The molecular weight excluding hydrogens is 208 g/mol. The Labute approximate surface area is 93.6 Å². The third kappa shape index (κ3) is 1.12. The Morgan fingerprint density at radius 3 is 2.56 bits per heavy atom. The lowest BCUT2D eigenvalue weighted by molar-refractivity contribution is -0.127. The summed E-state index contributed by atoms with van der Waals surface area (Å²) >= 11 is 0. The predicted octanol–water partition coefficient (Wildman–Crippen LogP) is -0.270. The van der Waals surface area contributed by atoms with E-state index in [2.05, 4.69) is 5.16 Å². The minimum absolute atomic E-state index is 0.159. The van der Waals surface area contributed by atoms with Crippen molar-refractivity contribution in [2.24, 2.45) is 16.6 Å². The van der Waals surface area contributed by atoms with Crippen LogP contribution in [0.2, 0.25) is 0 Å². The van der Waals surface area contributed by atoms with Crippen LogP contribution in [0.25, 0.3) is 0 Å². The second kappa shape index (κ2) is 3.40. The molecule has 16 heavy (non-hydrogen) atoms. The van der Waals surface area contributed by atoms with Crippen molar-refractivity contribution in [2.45, 2.75) is 31.2 Å². The summed E-state index contributed by atoms with van der Waals surface area (Å²) in [6.07, 6.45) is 3.79. The molecule has 1 fully saturated rings. The summed E-state index contributed by atoms with van der Waals surface area (Å²) in [6, 6.07) is 0. The Balaban J connectivity index is 2.52. The van der Waals surface area contributed by atoms with Crippen LogP contribution in [-0.4, -0.2) is 34.4 Å². The van der Waals surface area contributed by atoms with Crippen molar-refractivity contribution in [3.63, 3.8) is 0 Å². The summed E-state index contributed by atoms with van der Waals surface area (Å²) in [6.45, 7) is 0. The normalized spacial score (nSPS) is 24.9. The molecule has 1 saturated carbocycles. The maximum absolute atomic E-state index is 12.0. The van der Waals surface area contributed by atoms with Gasteiger partial charge in [-0.1, -0.05) is 18.0 Å². The fraction of sp³-hybridized carbons (Fsp3) is 0.600. The molecule has 2 rings (SSSR count). The molecule has 0 atom stereocenters. The molecule has 0 aromatic carbocycles. The molecule has 1 aliphatic carbocycles. The quantitative estimate of drug-likeness (QED) is 0.247. The molecule has 0 unspecified atom stereocenters. The van der Waals surface area contributed by atoms with Gasteiger partial charge < -0.3 is 21.6 Å². The third-order valence-electron chi connectivity index (χ3n) is 3.73. The van der Waals surface area contributed by atoms with E-state index in [0.29, 0.717) is 5.70 Å².